The lowest BCUT2D eigenvalue weighted by Gasteiger charge is -2.42. The van der Waals surface area contributed by atoms with Crippen molar-refractivity contribution in [1.29, 1.82) is 0 Å². The van der Waals surface area contributed by atoms with Crippen LogP contribution in [0.25, 0.3) is 39.2 Å². The van der Waals surface area contributed by atoms with Gasteiger partial charge < -0.3 is 14.7 Å². The molecule has 2 aliphatic rings. The molecule has 11 aromatic rings. The predicted octanol–water partition coefficient (Wildman–Crippen LogP) is 13.9. The molecule has 0 N–H and O–H groups in total. The maximum Gasteiger partial charge on any atom is 0.252 e. The molecule has 6 heteroatoms. The lowest BCUT2D eigenvalue weighted by Crippen LogP contribution is -2.60. The van der Waals surface area contributed by atoms with Gasteiger partial charge in [0.1, 0.15) is 5.82 Å². The quantitative estimate of drug-likeness (QED) is 0.135. The lowest BCUT2D eigenvalue weighted by molar-refractivity contribution is 1.10. The van der Waals surface area contributed by atoms with E-state index < -0.39 is 0 Å². The summed E-state index contributed by atoms with van der Waals surface area (Å²) in [5, 5.41) is 0. The molecule has 0 unspecified atom stereocenters. The van der Waals surface area contributed by atoms with Crippen molar-refractivity contribution in [2.75, 3.05) is 14.7 Å². The van der Waals surface area contributed by atoms with Gasteiger partial charge in [0.15, 0.2) is 0 Å². The van der Waals surface area contributed by atoms with Crippen LogP contribution >= 0.6 is 0 Å². The topological polar surface area (TPSA) is 27.5 Å². The summed E-state index contributed by atoms with van der Waals surface area (Å²) in [6.07, 6.45) is 0. The molecule has 0 atom stereocenters. The molecule has 0 saturated heterocycles. The van der Waals surface area contributed by atoms with E-state index in [1.54, 1.807) is 0 Å². The van der Waals surface area contributed by atoms with Crippen LogP contribution in [-0.4, -0.2) is 16.3 Å². The number of anilines is 9. The van der Waals surface area contributed by atoms with Crippen LogP contribution in [0.4, 0.5) is 51.2 Å². The summed E-state index contributed by atoms with van der Waals surface area (Å²) in [7, 11) is 0. The number of para-hydroxylation sites is 6. The third-order valence-corrected chi connectivity index (χ3v) is 13.3. The number of fused-ring (bicyclic) bond motifs is 4. The van der Waals surface area contributed by atoms with E-state index in [1.165, 1.54) is 27.5 Å². The number of aromatic nitrogens is 2. The first-order chi connectivity index (χ1) is 33.3. The minimum absolute atomic E-state index is 0.0759. The van der Waals surface area contributed by atoms with Crippen LogP contribution in [0.1, 0.15) is 0 Å². The number of benzene rings is 10. The van der Waals surface area contributed by atoms with Crippen LogP contribution in [0.15, 0.2) is 255 Å². The van der Waals surface area contributed by atoms with Crippen molar-refractivity contribution in [2.24, 2.45) is 0 Å². The second kappa shape index (κ2) is 16.0. The number of rotatable bonds is 9. The molecule has 0 fully saturated rings. The number of nitrogens with zero attached hydrogens (tertiary/aromatic N) is 5. The molecule has 2 aliphatic heterocycles. The molecule has 0 aliphatic carbocycles. The molecular weight excluding hydrogens is 814 g/mol. The molecule has 3 heterocycles. The van der Waals surface area contributed by atoms with Crippen molar-refractivity contribution in [2.45, 2.75) is 0 Å². The Morgan fingerprint density at radius 3 is 1.40 bits per heavy atom. The van der Waals surface area contributed by atoms with E-state index in [9.17, 15) is 0 Å². The number of hydrogen-bond acceptors (Lipinski definition) is 4. The van der Waals surface area contributed by atoms with Gasteiger partial charge in [-0.3, -0.25) is 4.57 Å². The maximum atomic E-state index is 5.53. The summed E-state index contributed by atoms with van der Waals surface area (Å²) in [5.41, 5.74) is 20.2. The van der Waals surface area contributed by atoms with Crippen LogP contribution in [0, 0.1) is 0 Å². The molecular formula is C61H42BN5. The fourth-order valence-corrected chi connectivity index (χ4v) is 10.4. The highest BCUT2D eigenvalue weighted by Gasteiger charge is 2.43. The molecule has 1 aromatic heterocycles. The highest BCUT2D eigenvalue weighted by Crippen LogP contribution is 2.47. The van der Waals surface area contributed by atoms with Gasteiger partial charge in [-0.15, -0.1) is 0 Å². The first kappa shape index (κ1) is 38.6. The third-order valence-electron chi connectivity index (χ3n) is 13.3. The summed E-state index contributed by atoms with van der Waals surface area (Å²) >= 11 is 0. The molecule has 67 heavy (non-hydrogen) atoms. The minimum Gasteiger partial charge on any atom is -0.311 e. The van der Waals surface area contributed by atoms with Gasteiger partial charge in [-0.1, -0.05) is 164 Å². The van der Waals surface area contributed by atoms with Gasteiger partial charge in [0.2, 0.25) is 0 Å². The molecule has 314 valence electrons. The molecule has 0 saturated carbocycles. The average Bonchev–Trinajstić information content (AvgIpc) is 3.80. The van der Waals surface area contributed by atoms with Gasteiger partial charge in [-0.05, 0) is 119 Å². The van der Waals surface area contributed by atoms with E-state index in [-0.39, 0.29) is 6.71 Å². The van der Waals surface area contributed by atoms with Crippen LogP contribution < -0.4 is 31.1 Å². The number of imidazole rings is 1. The molecule has 10 aromatic carbocycles. The van der Waals surface area contributed by atoms with Crippen molar-refractivity contribution in [3.8, 4) is 28.2 Å². The van der Waals surface area contributed by atoms with Gasteiger partial charge in [0, 0.05) is 56.7 Å². The predicted molar refractivity (Wildman–Crippen MR) is 281 cm³/mol. The van der Waals surface area contributed by atoms with Crippen LogP contribution in [0.2, 0.25) is 0 Å². The Labute approximate surface area is 390 Å². The van der Waals surface area contributed by atoms with Crippen molar-refractivity contribution in [3.63, 3.8) is 0 Å². The van der Waals surface area contributed by atoms with E-state index in [4.69, 9.17) is 4.98 Å². The maximum absolute atomic E-state index is 5.53. The second-order valence-electron chi connectivity index (χ2n) is 17.2. The Kier molecular flexibility index (Phi) is 9.20. The van der Waals surface area contributed by atoms with Crippen molar-refractivity contribution in [3.05, 3.63) is 255 Å². The Balaban J connectivity index is 1.11. The zero-order valence-corrected chi connectivity index (χ0v) is 36.6. The van der Waals surface area contributed by atoms with E-state index in [1.807, 2.05) is 0 Å². The SMILES string of the molecule is c1ccc(-c2ccc(-c3nc4cccc5c4n3-c3cc(N(c4ccccc4)c4ccccc4)cc4c3B5c3ccc(N(c5ccccc5)c5ccccc5)cc3N4c3ccccc3)cc2)cc1. The normalized spacial score (nSPS) is 12.1. The molecule has 13 rings (SSSR count). The Bertz CT molecular complexity index is 3490. The largest absolute Gasteiger partial charge is 0.311 e. The highest BCUT2D eigenvalue weighted by atomic mass is 15.2. The summed E-state index contributed by atoms with van der Waals surface area (Å²) in [4.78, 5) is 12.8. The van der Waals surface area contributed by atoms with Crippen LogP contribution in [0.3, 0.4) is 0 Å². The Morgan fingerprint density at radius 2 is 0.821 bits per heavy atom. The third kappa shape index (κ3) is 6.45. The fraction of sp³-hybridized carbons (Fsp3) is 0. The van der Waals surface area contributed by atoms with Crippen molar-refractivity contribution in [1.82, 2.24) is 9.55 Å². The van der Waals surface area contributed by atoms with E-state index in [0.717, 1.165) is 79.3 Å². The monoisotopic (exact) mass is 855 g/mol. The second-order valence-corrected chi connectivity index (χ2v) is 17.2. The zero-order valence-electron chi connectivity index (χ0n) is 36.6. The smallest absolute Gasteiger partial charge is 0.252 e. The van der Waals surface area contributed by atoms with Crippen molar-refractivity contribution >= 4 is 85.3 Å². The summed E-state index contributed by atoms with van der Waals surface area (Å²) in [5.74, 6) is 0.916. The zero-order chi connectivity index (χ0) is 44.3. The standard InChI is InChI=1S/C61H42BN5/c1-7-20-43(21-8-1)44-34-36-45(37-35-44)61-63-55-33-19-32-54-60(55)67(61)58-42-52(65(48-26-13-4-14-27-48)49-28-15-5-16-29-49)41-57-59(58)62(54)53-39-38-51(40-56(53)66(57)50-30-17-6-18-31-50)64(46-22-9-2-10-23-46)47-24-11-3-12-25-47/h1-42H. The van der Waals surface area contributed by atoms with E-state index >= 15 is 0 Å². The van der Waals surface area contributed by atoms with Crippen molar-refractivity contribution < 1.29 is 0 Å². The van der Waals surface area contributed by atoms with Gasteiger partial charge in [-0.25, -0.2) is 4.98 Å². The van der Waals surface area contributed by atoms with Gasteiger partial charge in [-0.2, -0.15) is 0 Å². The molecule has 0 spiro atoms. The van der Waals surface area contributed by atoms with Gasteiger partial charge in [0.05, 0.1) is 16.7 Å². The molecule has 0 radical (unpaired) electrons. The number of hydrogen-bond donors (Lipinski definition) is 0. The van der Waals surface area contributed by atoms with E-state index in [2.05, 4.69) is 274 Å². The average molecular weight is 856 g/mol. The van der Waals surface area contributed by atoms with Crippen LogP contribution in [-0.2, 0) is 0 Å². The minimum atomic E-state index is -0.0759. The summed E-state index contributed by atoms with van der Waals surface area (Å²) < 4.78 is 2.45. The first-order valence-electron chi connectivity index (χ1n) is 22.9. The lowest BCUT2D eigenvalue weighted by atomic mass is 9.34. The molecule has 0 bridgehead atoms. The van der Waals surface area contributed by atoms with Crippen LogP contribution in [0.5, 0.6) is 0 Å². The van der Waals surface area contributed by atoms with E-state index in [0.29, 0.717) is 0 Å². The molecule has 5 nitrogen and oxygen atoms in total. The molecule has 0 amide bonds. The Hall–Kier alpha value is -8.87. The highest BCUT2D eigenvalue weighted by molar-refractivity contribution is 7.00. The first-order valence-corrected chi connectivity index (χ1v) is 22.9. The Morgan fingerprint density at radius 1 is 0.343 bits per heavy atom. The summed E-state index contributed by atoms with van der Waals surface area (Å²) in [6, 6.07) is 91.7. The van der Waals surface area contributed by atoms with Gasteiger partial charge >= 0.3 is 0 Å². The van der Waals surface area contributed by atoms with Gasteiger partial charge in [0.25, 0.3) is 6.71 Å². The fourth-order valence-electron chi connectivity index (χ4n) is 10.4. The summed E-state index contributed by atoms with van der Waals surface area (Å²) in [6.45, 7) is -0.0759.